The first-order valence-electron chi connectivity index (χ1n) is 6.59. The third kappa shape index (κ3) is 2.77. The van der Waals surface area contributed by atoms with Gasteiger partial charge in [-0.1, -0.05) is 18.3 Å². The molecule has 20 heavy (non-hydrogen) atoms. The summed E-state index contributed by atoms with van der Waals surface area (Å²) in [5.74, 6) is -1.34. The second-order valence-electron chi connectivity index (χ2n) is 5.22. The highest BCUT2D eigenvalue weighted by Gasteiger charge is 2.37. The number of hydrogen-bond donors (Lipinski definition) is 1. The van der Waals surface area contributed by atoms with Crippen molar-refractivity contribution in [1.29, 1.82) is 0 Å². The zero-order valence-corrected chi connectivity index (χ0v) is 12.4. The zero-order valence-electron chi connectivity index (χ0n) is 11.5. The number of amides is 1. The van der Waals surface area contributed by atoms with Crippen LogP contribution in [0.3, 0.4) is 0 Å². The van der Waals surface area contributed by atoms with Crippen molar-refractivity contribution >= 4 is 23.2 Å². The minimum atomic E-state index is -0.972. The zero-order chi connectivity index (χ0) is 14.9. The van der Waals surface area contributed by atoms with E-state index < -0.39 is 12.0 Å². The van der Waals surface area contributed by atoms with Gasteiger partial charge < -0.3 is 10.0 Å². The molecular weight excluding hydrogens is 280 g/mol. The second kappa shape index (κ2) is 5.78. The summed E-state index contributed by atoms with van der Waals surface area (Å²) in [6, 6.07) is -0.786. The van der Waals surface area contributed by atoms with Crippen LogP contribution in [0, 0.1) is 12.8 Å². The molecule has 0 aromatic carbocycles. The van der Waals surface area contributed by atoms with Gasteiger partial charge >= 0.3 is 10.8 Å². The van der Waals surface area contributed by atoms with Gasteiger partial charge in [0.15, 0.2) is 0 Å². The summed E-state index contributed by atoms with van der Waals surface area (Å²) < 4.78 is 1.39. The van der Waals surface area contributed by atoms with Crippen LogP contribution < -0.4 is 4.87 Å². The number of nitrogens with zero attached hydrogens (tertiary/aromatic N) is 2. The number of carbonyl (C=O) groups is 2. The lowest BCUT2D eigenvalue weighted by atomic mass is 9.91. The van der Waals surface area contributed by atoms with E-state index in [0.717, 1.165) is 29.9 Å². The number of aryl methyl sites for hydroxylation is 1. The molecule has 1 fully saturated rings. The van der Waals surface area contributed by atoms with E-state index in [1.807, 2.05) is 6.92 Å². The minimum absolute atomic E-state index is 0.0644. The van der Waals surface area contributed by atoms with E-state index in [-0.39, 0.29) is 23.2 Å². The maximum absolute atomic E-state index is 12.3. The summed E-state index contributed by atoms with van der Waals surface area (Å²) in [5, 5.41) is 11.0. The highest BCUT2D eigenvalue weighted by molar-refractivity contribution is 7.07. The number of thiazole rings is 1. The molecule has 2 unspecified atom stereocenters. The Morgan fingerprint density at radius 3 is 2.75 bits per heavy atom. The van der Waals surface area contributed by atoms with Crippen molar-refractivity contribution in [2.24, 2.45) is 5.92 Å². The van der Waals surface area contributed by atoms with Gasteiger partial charge in [-0.2, -0.15) is 0 Å². The first kappa shape index (κ1) is 14.8. The molecule has 1 aliphatic rings. The number of likely N-dealkylation sites (tertiary alicyclic amines) is 1. The third-order valence-corrected chi connectivity index (χ3v) is 4.66. The van der Waals surface area contributed by atoms with Gasteiger partial charge in [-0.3, -0.25) is 14.2 Å². The van der Waals surface area contributed by atoms with Crippen molar-refractivity contribution < 1.29 is 14.7 Å². The van der Waals surface area contributed by atoms with Crippen molar-refractivity contribution in [3.63, 3.8) is 0 Å². The predicted molar refractivity (Wildman–Crippen MR) is 74.9 cm³/mol. The molecule has 7 heteroatoms. The highest BCUT2D eigenvalue weighted by Crippen LogP contribution is 2.24. The predicted octanol–water partition coefficient (Wildman–Crippen LogP) is 0.930. The van der Waals surface area contributed by atoms with Gasteiger partial charge in [0, 0.05) is 17.6 Å². The second-order valence-corrected chi connectivity index (χ2v) is 6.04. The number of aliphatic carboxylic acids is 1. The molecule has 0 radical (unpaired) electrons. The molecule has 1 aromatic rings. The van der Waals surface area contributed by atoms with Gasteiger partial charge in [0.2, 0.25) is 5.91 Å². The molecule has 1 saturated heterocycles. The lowest BCUT2D eigenvalue weighted by Gasteiger charge is -2.37. The fraction of sp³-hybridized carbons (Fsp3) is 0.615. The van der Waals surface area contributed by atoms with Crippen LogP contribution in [0.1, 0.15) is 25.5 Å². The summed E-state index contributed by atoms with van der Waals surface area (Å²) in [4.78, 5) is 36.5. The average Bonchev–Trinajstić information content (AvgIpc) is 2.69. The van der Waals surface area contributed by atoms with E-state index >= 15 is 0 Å². The van der Waals surface area contributed by atoms with E-state index in [4.69, 9.17) is 0 Å². The maximum atomic E-state index is 12.3. The van der Waals surface area contributed by atoms with Gasteiger partial charge in [0.1, 0.15) is 12.6 Å². The number of rotatable bonds is 3. The van der Waals surface area contributed by atoms with Crippen molar-refractivity contribution in [2.75, 3.05) is 6.54 Å². The van der Waals surface area contributed by atoms with Crippen LogP contribution in [0.25, 0.3) is 0 Å². The Hall–Kier alpha value is -1.63. The number of carbonyl (C=O) groups excluding carboxylic acids is 1. The maximum Gasteiger partial charge on any atom is 0.326 e. The number of hydrogen-bond acceptors (Lipinski definition) is 4. The van der Waals surface area contributed by atoms with Crippen LogP contribution in [0.15, 0.2) is 10.2 Å². The Morgan fingerprint density at radius 1 is 1.50 bits per heavy atom. The lowest BCUT2D eigenvalue weighted by Crippen LogP contribution is -2.53. The van der Waals surface area contributed by atoms with Crippen molar-refractivity contribution in [3.8, 4) is 0 Å². The Morgan fingerprint density at radius 2 is 2.20 bits per heavy atom. The fourth-order valence-corrected chi connectivity index (χ4v) is 3.40. The highest BCUT2D eigenvalue weighted by atomic mass is 32.1. The normalized spacial score (nSPS) is 22.8. The Balaban J connectivity index is 2.19. The largest absolute Gasteiger partial charge is 0.480 e. The fourth-order valence-electron chi connectivity index (χ4n) is 2.67. The van der Waals surface area contributed by atoms with E-state index in [2.05, 4.69) is 0 Å². The molecule has 1 N–H and O–H groups in total. The quantitative estimate of drug-likeness (QED) is 0.900. The summed E-state index contributed by atoms with van der Waals surface area (Å²) in [7, 11) is 0. The molecular formula is C13H18N2O4S. The molecule has 2 rings (SSSR count). The first-order valence-corrected chi connectivity index (χ1v) is 7.47. The molecule has 0 saturated carbocycles. The van der Waals surface area contributed by atoms with Crippen LogP contribution in [0.4, 0.5) is 0 Å². The molecule has 0 spiro atoms. The summed E-state index contributed by atoms with van der Waals surface area (Å²) in [6.45, 7) is 3.97. The van der Waals surface area contributed by atoms with Crippen LogP contribution in [0.5, 0.6) is 0 Å². The Kier molecular flexibility index (Phi) is 4.27. The number of carboxylic acid groups (broad SMARTS) is 1. The minimum Gasteiger partial charge on any atom is -0.480 e. The topological polar surface area (TPSA) is 79.6 Å². The molecule has 6 nitrogen and oxygen atoms in total. The van der Waals surface area contributed by atoms with Gasteiger partial charge in [-0.05, 0) is 25.7 Å². The summed E-state index contributed by atoms with van der Waals surface area (Å²) in [6.07, 6.45) is 1.60. The smallest absolute Gasteiger partial charge is 0.326 e. The van der Waals surface area contributed by atoms with E-state index in [9.17, 15) is 19.5 Å². The van der Waals surface area contributed by atoms with Crippen molar-refractivity contribution in [1.82, 2.24) is 9.47 Å². The number of aromatic nitrogens is 1. The molecule has 110 valence electrons. The van der Waals surface area contributed by atoms with Crippen molar-refractivity contribution in [3.05, 3.63) is 20.7 Å². The van der Waals surface area contributed by atoms with Crippen molar-refractivity contribution in [2.45, 2.75) is 39.3 Å². The molecule has 2 heterocycles. The number of carboxylic acids is 1. The number of piperidine rings is 1. The standard InChI is InChI=1S/C13H18N2O4S/c1-8-4-3-5-14(11(8)12(17)18)10(16)6-15-9(2)7-20-13(15)19/h7-8,11H,3-6H2,1-2H3,(H,17,18). The van der Waals surface area contributed by atoms with Gasteiger partial charge in [0.25, 0.3) is 0 Å². The van der Waals surface area contributed by atoms with Crippen LogP contribution in [-0.2, 0) is 16.1 Å². The Bertz CT molecular complexity index is 577. The van der Waals surface area contributed by atoms with Gasteiger partial charge in [0.05, 0.1) is 0 Å². The monoisotopic (exact) mass is 298 g/mol. The van der Waals surface area contributed by atoms with Gasteiger partial charge in [-0.15, -0.1) is 0 Å². The molecule has 1 aliphatic heterocycles. The van der Waals surface area contributed by atoms with Crippen LogP contribution in [-0.4, -0.2) is 39.0 Å². The van der Waals surface area contributed by atoms with Gasteiger partial charge in [-0.25, -0.2) is 4.79 Å². The van der Waals surface area contributed by atoms with E-state index in [1.54, 1.807) is 12.3 Å². The molecule has 2 atom stereocenters. The summed E-state index contributed by atoms with van der Waals surface area (Å²) in [5.41, 5.74) is 0.727. The molecule has 1 aromatic heterocycles. The molecule has 1 amide bonds. The SMILES string of the molecule is Cc1csc(=O)n1CC(=O)N1CCCC(C)C1C(=O)O. The first-order chi connectivity index (χ1) is 9.41. The van der Waals surface area contributed by atoms with E-state index in [1.165, 1.54) is 9.47 Å². The lowest BCUT2D eigenvalue weighted by molar-refractivity contribution is -0.155. The van der Waals surface area contributed by atoms with E-state index in [0.29, 0.717) is 6.54 Å². The molecule has 0 bridgehead atoms. The van der Waals surface area contributed by atoms with Crippen LogP contribution >= 0.6 is 11.3 Å². The Labute approximate surface area is 120 Å². The molecule has 0 aliphatic carbocycles. The third-order valence-electron chi connectivity index (χ3n) is 3.78. The average molecular weight is 298 g/mol. The summed E-state index contributed by atoms with van der Waals surface area (Å²) >= 11 is 1.05. The van der Waals surface area contributed by atoms with Crippen LogP contribution in [0.2, 0.25) is 0 Å².